The van der Waals surface area contributed by atoms with Crippen LogP contribution in [0.5, 0.6) is 0 Å². The molecule has 0 spiro atoms. The zero-order valence-corrected chi connectivity index (χ0v) is 12.8. The number of hydrogen-bond donors (Lipinski definition) is 0. The zero-order valence-electron chi connectivity index (χ0n) is 12.8. The number of ether oxygens (including phenoxy) is 1. The van der Waals surface area contributed by atoms with Gasteiger partial charge in [0.2, 0.25) is 17.6 Å². The molecule has 116 valence electrons. The molecule has 1 fully saturated rings. The predicted octanol–water partition coefficient (Wildman–Crippen LogP) is 2.35. The van der Waals surface area contributed by atoms with E-state index >= 15 is 0 Å². The van der Waals surface area contributed by atoms with Gasteiger partial charge < -0.3 is 14.2 Å². The zero-order chi connectivity index (χ0) is 15.5. The van der Waals surface area contributed by atoms with Crippen LogP contribution >= 0.6 is 0 Å². The Kier molecular flexibility index (Phi) is 4.20. The number of amides is 1. The number of carbonyl (C=O) groups excluding carboxylic acids is 1. The van der Waals surface area contributed by atoms with Gasteiger partial charge in [-0.25, -0.2) is 0 Å². The molecule has 0 radical (unpaired) electrons. The lowest BCUT2D eigenvalue weighted by atomic mass is 10.1. The van der Waals surface area contributed by atoms with Crippen LogP contribution in [-0.2, 0) is 9.53 Å². The molecule has 22 heavy (non-hydrogen) atoms. The number of carbonyl (C=O) groups is 1. The van der Waals surface area contributed by atoms with Gasteiger partial charge in [-0.3, -0.25) is 4.79 Å². The van der Waals surface area contributed by atoms with Crippen molar-refractivity contribution in [3.05, 3.63) is 35.7 Å². The summed E-state index contributed by atoms with van der Waals surface area (Å²) in [6, 6.07) is 7.80. The fourth-order valence-corrected chi connectivity index (χ4v) is 2.72. The third kappa shape index (κ3) is 2.87. The molecule has 1 aromatic carbocycles. The largest absolute Gasteiger partial charge is 0.375 e. The summed E-state index contributed by atoms with van der Waals surface area (Å²) in [6.45, 7) is 2.81. The summed E-state index contributed by atoms with van der Waals surface area (Å²) in [4.78, 5) is 18.3. The number of aryl methyl sites for hydroxylation is 1. The predicted molar refractivity (Wildman–Crippen MR) is 80.0 cm³/mol. The van der Waals surface area contributed by atoms with E-state index < -0.39 is 0 Å². The minimum atomic E-state index is -0.144. The van der Waals surface area contributed by atoms with Gasteiger partial charge in [0.05, 0.1) is 0 Å². The van der Waals surface area contributed by atoms with Crippen LogP contribution < -0.4 is 0 Å². The molecule has 1 saturated heterocycles. The molecular formula is C16H19N3O3. The van der Waals surface area contributed by atoms with Crippen LogP contribution in [0.15, 0.2) is 28.8 Å². The molecule has 1 amide bonds. The van der Waals surface area contributed by atoms with Crippen molar-refractivity contribution < 1.29 is 14.1 Å². The van der Waals surface area contributed by atoms with Crippen molar-refractivity contribution >= 4 is 5.91 Å². The highest BCUT2D eigenvalue weighted by Gasteiger charge is 2.33. The minimum Gasteiger partial charge on any atom is -0.375 e. The molecule has 1 unspecified atom stereocenters. The van der Waals surface area contributed by atoms with Crippen molar-refractivity contribution in [1.82, 2.24) is 15.0 Å². The van der Waals surface area contributed by atoms with Crippen LogP contribution in [0.2, 0.25) is 0 Å². The smallest absolute Gasteiger partial charge is 0.249 e. The summed E-state index contributed by atoms with van der Waals surface area (Å²) in [5, 5.41) is 4.05. The Balaban J connectivity index is 1.80. The number of nitrogens with zero attached hydrogens (tertiary/aromatic N) is 3. The van der Waals surface area contributed by atoms with Crippen LogP contribution in [0, 0.1) is 6.92 Å². The summed E-state index contributed by atoms with van der Waals surface area (Å²) >= 11 is 0. The maximum absolute atomic E-state index is 12.1. The second-order valence-electron chi connectivity index (χ2n) is 5.50. The lowest BCUT2D eigenvalue weighted by Crippen LogP contribution is -2.33. The molecule has 1 aliphatic heterocycles. The van der Waals surface area contributed by atoms with Crippen molar-refractivity contribution in [2.24, 2.45) is 0 Å². The Morgan fingerprint density at radius 1 is 1.41 bits per heavy atom. The third-order valence-electron chi connectivity index (χ3n) is 3.88. The molecule has 0 aliphatic carbocycles. The summed E-state index contributed by atoms with van der Waals surface area (Å²) in [6.07, 6.45) is 1.77. The average molecular weight is 301 g/mol. The quantitative estimate of drug-likeness (QED) is 0.867. The van der Waals surface area contributed by atoms with E-state index in [1.54, 1.807) is 4.90 Å². The van der Waals surface area contributed by atoms with Crippen LogP contribution in [0.25, 0.3) is 11.4 Å². The highest BCUT2D eigenvalue weighted by molar-refractivity contribution is 5.78. The van der Waals surface area contributed by atoms with Crippen LogP contribution in [0.1, 0.15) is 30.3 Å². The van der Waals surface area contributed by atoms with E-state index in [2.05, 4.69) is 10.1 Å². The molecule has 6 nitrogen and oxygen atoms in total. The molecule has 1 aliphatic rings. The second-order valence-corrected chi connectivity index (χ2v) is 5.50. The minimum absolute atomic E-state index is 0.0416. The van der Waals surface area contributed by atoms with Crippen LogP contribution in [0.3, 0.4) is 0 Å². The average Bonchev–Trinajstić information content (AvgIpc) is 3.17. The topological polar surface area (TPSA) is 68.5 Å². The van der Waals surface area contributed by atoms with Gasteiger partial charge in [-0.2, -0.15) is 4.98 Å². The van der Waals surface area contributed by atoms with Crippen molar-refractivity contribution in [2.45, 2.75) is 25.8 Å². The number of methoxy groups -OCH3 is 1. The van der Waals surface area contributed by atoms with E-state index in [0.717, 1.165) is 18.4 Å². The number of likely N-dealkylation sites (tertiary alicyclic amines) is 1. The molecule has 0 saturated carbocycles. The van der Waals surface area contributed by atoms with E-state index in [9.17, 15) is 4.79 Å². The van der Waals surface area contributed by atoms with E-state index in [-0.39, 0.29) is 18.6 Å². The fourth-order valence-electron chi connectivity index (χ4n) is 2.72. The fraction of sp³-hybridized carbons (Fsp3) is 0.438. The van der Waals surface area contributed by atoms with Crippen molar-refractivity contribution in [2.75, 3.05) is 20.3 Å². The van der Waals surface area contributed by atoms with E-state index in [4.69, 9.17) is 9.26 Å². The first-order valence-electron chi connectivity index (χ1n) is 7.38. The second kappa shape index (κ2) is 6.27. The van der Waals surface area contributed by atoms with Crippen molar-refractivity contribution in [3.8, 4) is 11.4 Å². The van der Waals surface area contributed by atoms with Gasteiger partial charge in [0.25, 0.3) is 0 Å². The summed E-state index contributed by atoms with van der Waals surface area (Å²) in [7, 11) is 1.52. The SMILES string of the molecule is COCC(=O)N1CCCC1c1nc(-c2ccc(C)cc2)no1. The maximum Gasteiger partial charge on any atom is 0.249 e. The Bertz CT molecular complexity index is 651. The Morgan fingerprint density at radius 2 is 2.18 bits per heavy atom. The summed E-state index contributed by atoms with van der Waals surface area (Å²) in [5.41, 5.74) is 2.09. The molecule has 3 rings (SSSR count). The first-order valence-corrected chi connectivity index (χ1v) is 7.38. The van der Waals surface area contributed by atoms with Crippen LogP contribution in [0.4, 0.5) is 0 Å². The number of benzene rings is 1. The monoisotopic (exact) mass is 301 g/mol. The molecule has 0 N–H and O–H groups in total. The number of hydrogen-bond acceptors (Lipinski definition) is 5. The molecule has 2 heterocycles. The third-order valence-corrected chi connectivity index (χ3v) is 3.88. The molecule has 6 heteroatoms. The Labute approximate surface area is 129 Å². The molecule has 1 atom stereocenters. The Hall–Kier alpha value is -2.21. The van der Waals surface area contributed by atoms with Gasteiger partial charge in [-0.1, -0.05) is 35.0 Å². The van der Waals surface area contributed by atoms with Gasteiger partial charge in [-0.05, 0) is 19.8 Å². The first-order chi connectivity index (χ1) is 10.7. The van der Waals surface area contributed by atoms with E-state index in [0.29, 0.717) is 18.3 Å². The maximum atomic E-state index is 12.1. The number of aromatic nitrogens is 2. The van der Waals surface area contributed by atoms with Crippen molar-refractivity contribution in [1.29, 1.82) is 0 Å². The van der Waals surface area contributed by atoms with E-state index in [1.165, 1.54) is 12.7 Å². The van der Waals surface area contributed by atoms with Gasteiger partial charge in [0.15, 0.2) is 0 Å². The number of rotatable bonds is 4. The highest BCUT2D eigenvalue weighted by Crippen LogP contribution is 2.32. The van der Waals surface area contributed by atoms with Gasteiger partial charge in [-0.15, -0.1) is 0 Å². The van der Waals surface area contributed by atoms with Gasteiger partial charge in [0, 0.05) is 19.2 Å². The molecule has 1 aromatic heterocycles. The summed E-state index contributed by atoms with van der Waals surface area (Å²) < 4.78 is 10.3. The molecule has 2 aromatic rings. The van der Waals surface area contributed by atoms with Gasteiger partial charge in [0.1, 0.15) is 12.6 Å². The Morgan fingerprint density at radius 3 is 2.91 bits per heavy atom. The molecule has 0 bridgehead atoms. The lowest BCUT2D eigenvalue weighted by Gasteiger charge is -2.21. The highest BCUT2D eigenvalue weighted by atomic mass is 16.5. The lowest BCUT2D eigenvalue weighted by molar-refractivity contribution is -0.136. The van der Waals surface area contributed by atoms with Gasteiger partial charge >= 0.3 is 0 Å². The first kappa shape index (κ1) is 14.7. The standard InChI is InChI=1S/C16H19N3O3/c1-11-5-7-12(8-6-11)15-17-16(22-18-15)13-4-3-9-19(13)14(20)10-21-2/h5-8,13H,3-4,9-10H2,1-2H3. The van der Waals surface area contributed by atoms with Crippen LogP contribution in [-0.4, -0.2) is 41.2 Å². The van der Waals surface area contributed by atoms with E-state index in [1.807, 2.05) is 31.2 Å². The normalized spacial score (nSPS) is 17.9. The summed E-state index contributed by atoms with van der Waals surface area (Å²) in [5.74, 6) is 1.01. The van der Waals surface area contributed by atoms with Crippen molar-refractivity contribution in [3.63, 3.8) is 0 Å². The molecular weight excluding hydrogens is 282 g/mol.